The summed E-state index contributed by atoms with van der Waals surface area (Å²) < 4.78 is 4.86. The number of allylic oxidation sites excluding steroid dienone is 1. The van der Waals surface area contributed by atoms with Gasteiger partial charge in [-0.25, -0.2) is 4.79 Å². The fourth-order valence-corrected chi connectivity index (χ4v) is 3.33. The topological polar surface area (TPSA) is 114 Å². The number of esters is 1. The lowest BCUT2D eigenvalue weighted by molar-refractivity contribution is -0.143. The molecule has 0 aliphatic heterocycles. The van der Waals surface area contributed by atoms with Gasteiger partial charge in [0.05, 0.1) is 7.11 Å². The number of rotatable bonds is 10. The second kappa shape index (κ2) is 13.2. The van der Waals surface area contributed by atoms with Gasteiger partial charge in [-0.3, -0.25) is 14.4 Å². The van der Waals surface area contributed by atoms with E-state index in [9.17, 15) is 19.2 Å². The van der Waals surface area contributed by atoms with E-state index in [2.05, 4.69) is 16.0 Å². The number of carbonyl (C=O) groups is 4. The second-order valence-corrected chi connectivity index (χ2v) is 7.78. The fourth-order valence-electron chi connectivity index (χ4n) is 3.33. The van der Waals surface area contributed by atoms with Crippen molar-refractivity contribution in [2.45, 2.75) is 18.9 Å². The summed E-state index contributed by atoms with van der Waals surface area (Å²) in [7, 11) is 1.23. The van der Waals surface area contributed by atoms with E-state index in [0.717, 1.165) is 0 Å². The summed E-state index contributed by atoms with van der Waals surface area (Å²) in [5.74, 6) is -1.79. The quantitative estimate of drug-likeness (QED) is 0.381. The van der Waals surface area contributed by atoms with Crippen LogP contribution >= 0.6 is 0 Å². The SMILES string of the molecule is COC(=O)C(CCC(=CNC(=O)c1ccccc1)NC(=O)c1ccccc1)NC(=O)c1ccccc1. The number of hydrogen-bond donors (Lipinski definition) is 3. The van der Waals surface area contributed by atoms with E-state index in [-0.39, 0.29) is 24.7 Å². The van der Waals surface area contributed by atoms with Gasteiger partial charge >= 0.3 is 5.97 Å². The fraction of sp³-hybridized carbons (Fsp3) is 0.143. The van der Waals surface area contributed by atoms with Crippen LogP contribution in [0.25, 0.3) is 0 Å². The van der Waals surface area contributed by atoms with Crippen LogP contribution in [0.5, 0.6) is 0 Å². The summed E-state index contributed by atoms with van der Waals surface area (Å²) >= 11 is 0. The lowest BCUT2D eigenvalue weighted by atomic mass is 10.1. The van der Waals surface area contributed by atoms with Gasteiger partial charge in [-0.15, -0.1) is 0 Å². The standard InChI is InChI=1S/C28H27N3O5/c1-36-28(35)24(31-27(34)22-15-9-4-10-16-22)18-17-23(30-26(33)21-13-7-3-8-14-21)19-29-25(32)20-11-5-2-6-12-20/h2-16,19,24H,17-18H2,1H3,(H,29,32)(H,30,33)(H,31,34). The molecule has 8 heteroatoms. The third-order valence-corrected chi connectivity index (χ3v) is 5.25. The minimum atomic E-state index is -0.968. The molecule has 3 amide bonds. The van der Waals surface area contributed by atoms with Gasteiger partial charge in [0.15, 0.2) is 0 Å². The first-order chi connectivity index (χ1) is 17.5. The van der Waals surface area contributed by atoms with Crippen molar-refractivity contribution in [1.29, 1.82) is 0 Å². The Morgan fingerprint density at radius 3 is 1.69 bits per heavy atom. The Morgan fingerprint density at radius 2 is 1.19 bits per heavy atom. The maximum atomic E-state index is 12.7. The molecule has 0 saturated heterocycles. The minimum Gasteiger partial charge on any atom is -0.467 e. The van der Waals surface area contributed by atoms with Crippen molar-refractivity contribution < 1.29 is 23.9 Å². The van der Waals surface area contributed by atoms with Crippen molar-refractivity contribution in [1.82, 2.24) is 16.0 Å². The van der Waals surface area contributed by atoms with Gasteiger partial charge in [-0.1, -0.05) is 54.6 Å². The summed E-state index contributed by atoms with van der Waals surface area (Å²) in [6.07, 6.45) is 1.67. The van der Waals surface area contributed by atoms with Gasteiger partial charge in [0, 0.05) is 28.6 Å². The number of amides is 3. The van der Waals surface area contributed by atoms with Gasteiger partial charge in [0.1, 0.15) is 6.04 Å². The summed E-state index contributed by atoms with van der Waals surface area (Å²) in [5.41, 5.74) is 1.63. The number of ether oxygens (including phenoxy) is 1. The normalized spacial score (nSPS) is 11.6. The molecule has 3 aromatic carbocycles. The van der Waals surface area contributed by atoms with Gasteiger partial charge in [0.2, 0.25) is 0 Å². The monoisotopic (exact) mass is 485 g/mol. The minimum absolute atomic E-state index is 0.118. The summed E-state index contributed by atoms with van der Waals surface area (Å²) in [4.78, 5) is 50.2. The largest absolute Gasteiger partial charge is 0.467 e. The Labute approximate surface area is 209 Å². The molecule has 8 nitrogen and oxygen atoms in total. The smallest absolute Gasteiger partial charge is 0.328 e. The van der Waals surface area contributed by atoms with E-state index in [1.807, 2.05) is 0 Å². The predicted molar refractivity (Wildman–Crippen MR) is 135 cm³/mol. The molecule has 184 valence electrons. The first-order valence-corrected chi connectivity index (χ1v) is 11.3. The molecule has 0 aliphatic carbocycles. The van der Waals surface area contributed by atoms with Gasteiger partial charge in [0.25, 0.3) is 17.7 Å². The van der Waals surface area contributed by atoms with Crippen molar-refractivity contribution in [2.75, 3.05) is 7.11 Å². The zero-order valence-corrected chi connectivity index (χ0v) is 19.8. The molecule has 0 fully saturated rings. The molecule has 0 spiro atoms. The maximum absolute atomic E-state index is 12.7. The molecule has 0 aromatic heterocycles. The van der Waals surface area contributed by atoms with Crippen LogP contribution < -0.4 is 16.0 Å². The van der Waals surface area contributed by atoms with Crippen LogP contribution in [-0.2, 0) is 9.53 Å². The highest BCUT2D eigenvalue weighted by atomic mass is 16.5. The molecule has 1 unspecified atom stereocenters. The number of benzene rings is 3. The Hall–Kier alpha value is -4.72. The van der Waals surface area contributed by atoms with Gasteiger partial charge in [-0.2, -0.15) is 0 Å². The lowest BCUT2D eigenvalue weighted by Crippen LogP contribution is -2.42. The molecule has 0 radical (unpaired) electrons. The van der Waals surface area contributed by atoms with E-state index in [1.165, 1.54) is 13.3 Å². The number of hydrogen-bond acceptors (Lipinski definition) is 5. The zero-order chi connectivity index (χ0) is 25.8. The third-order valence-electron chi connectivity index (χ3n) is 5.25. The molecule has 3 rings (SSSR count). The van der Waals surface area contributed by atoms with Crippen LogP contribution in [0.2, 0.25) is 0 Å². The van der Waals surface area contributed by atoms with Crippen LogP contribution in [0.15, 0.2) is 103 Å². The highest BCUT2D eigenvalue weighted by molar-refractivity contribution is 5.97. The summed E-state index contributed by atoms with van der Waals surface area (Å²) in [6.45, 7) is 0. The molecule has 3 aromatic rings. The zero-order valence-electron chi connectivity index (χ0n) is 19.8. The first-order valence-electron chi connectivity index (χ1n) is 11.3. The molecule has 3 N–H and O–H groups in total. The van der Waals surface area contributed by atoms with Crippen molar-refractivity contribution in [2.24, 2.45) is 0 Å². The van der Waals surface area contributed by atoms with E-state index >= 15 is 0 Å². The molecular formula is C28H27N3O5. The molecule has 36 heavy (non-hydrogen) atoms. The number of nitrogens with one attached hydrogen (secondary N) is 3. The Kier molecular flexibility index (Phi) is 9.52. The highest BCUT2D eigenvalue weighted by Crippen LogP contribution is 2.10. The Bertz CT molecular complexity index is 1210. The van der Waals surface area contributed by atoms with Crippen molar-refractivity contribution in [3.8, 4) is 0 Å². The number of carbonyl (C=O) groups excluding carboxylic acids is 4. The summed E-state index contributed by atoms with van der Waals surface area (Å²) in [5, 5.41) is 8.12. The molecule has 0 saturated carbocycles. The van der Waals surface area contributed by atoms with Crippen LogP contribution in [0.3, 0.4) is 0 Å². The van der Waals surface area contributed by atoms with Crippen molar-refractivity contribution >= 4 is 23.7 Å². The van der Waals surface area contributed by atoms with Crippen molar-refractivity contribution in [3.05, 3.63) is 120 Å². The number of methoxy groups -OCH3 is 1. The molecule has 1 atom stereocenters. The molecule has 0 bridgehead atoms. The second-order valence-electron chi connectivity index (χ2n) is 7.78. The van der Waals surface area contributed by atoms with Crippen LogP contribution in [0.1, 0.15) is 43.9 Å². The average molecular weight is 486 g/mol. The van der Waals surface area contributed by atoms with Crippen molar-refractivity contribution in [3.63, 3.8) is 0 Å². The molecular weight excluding hydrogens is 458 g/mol. The van der Waals surface area contributed by atoms with E-state index in [1.54, 1.807) is 91.0 Å². The average Bonchev–Trinajstić information content (AvgIpc) is 2.94. The van der Waals surface area contributed by atoms with E-state index in [4.69, 9.17) is 4.74 Å². The highest BCUT2D eigenvalue weighted by Gasteiger charge is 2.23. The summed E-state index contributed by atoms with van der Waals surface area (Å²) in [6, 6.07) is 24.7. The lowest BCUT2D eigenvalue weighted by Gasteiger charge is -2.18. The maximum Gasteiger partial charge on any atom is 0.328 e. The predicted octanol–water partition coefficient (Wildman–Crippen LogP) is 3.44. The van der Waals surface area contributed by atoms with Gasteiger partial charge in [-0.05, 0) is 49.2 Å². The molecule has 0 heterocycles. The van der Waals surface area contributed by atoms with Crippen LogP contribution in [-0.4, -0.2) is 36.8 Å². The first kappa shape index (κ1) is 25.9. The molecule has 0 aliphatic rings. The van der Waals surface area contributed by atoms with Gasteiger partial charge < -0.3 is 20.7 Å². The van der Waals surface area contributed by atoms with E-state index in [0.29, 0.717) is 22.4 Å². The van der Waals surface area contributed by atoms with E-state index < -0.39 is 17.9 Å². The Balaban J connectivity index is 1.75. The third kappa shape index (κ3) is 7.66. The van der Waals surface area contributed by atoms with Crippen LogP contribution in [0.4, 0.5) is 0 Å². The Morgan fingerprint density at radius 1 is 0.722 bits per heavy atom. The van der Waals surface area contributed by atoms with Crippen LogP contribution in [0, 0.1) is 0 Å².